The van der Waals surface area contributed by atoms with E-state index in [0.29, 0.717) is 6.07 Å². The summed E-state index contributed by atoms with van der Waals surface area (Å²) in [4.78, 5) is 0. The molecule has 2 rings (SSSR count). The Bertz CT molecular complexity index is 701. The zero-order valence-electron chi connectivity index (χ0n) is 9.87. The molecule has 0 heterocycles. The lowest BCUT2D eigenvalue weighted by atomic mass is 10.00. The fourth-order valence-electron chi connectivity index (χ4n) is 1.77. The predicted octanol–water partition coefficient (Wildman–Crippen LogP) is 4.09. The van der Waals surface area contributed by atoms with Gasteiger partial charge in [0.25, 0.3) is 0 Å². The second-order valence-electron chi connectivity index (χ2n) is 4.01. The van der Waals surface area contributed by atoms with Crippen LogP contribution < -0.4 is 0 Å². The molecule has 1 N–H and O–H groups in total. The number of hydrogen-bond acceptors (Lipinski definition) is 2. The molecule has 0 aliphatic heterocycles. The van der Waals surface area contributed by atoms with Gasteiger partial charge in [0.2, 0.25) is 0 Å². The summed E-state index contributed by atoms with van der Waals surface area (Å²) in [6.07, 6.45) is -4.80. The molecule has 20 heavy (non-hydrogen) atoms. The van der Waals surface area contributed by atoms with Crippen LogP contribution in [-0.2, 0) is 6.18 Å². The maximum absolute atomic E-state index is 13.9. The molecule has 2 nitrogen and oxygen atoms in total. The van der Waals surface area contributed by atoms with Gasteiger partial charge in [0, 0.05) is 5.56 Å². The van der Waals surface area contributed by atoms with E-state index in [9.17, 15) is 22.7 Å². The van der Waals surface area contributed by atoms with Crippen molar-refractivity contribution < 1.29 is 22.7 Å². The van der Waals surface area contributed by atoms with Crippen LogP contribution in [0, 0.1) is 17.1 Å². The van der Waals surface area contributed by atoms with Gasteiger partial charge in [-0.15, -0.1) is 0 Å². The number of benzene rings is 2. The summed E-state index contributed by atoms with van der Waals surface area (Å²) in [5, 5.41) is 18.1. The second kappa shape index (κ2) is 4.85. The average Bonchev–Trinajstić information content (AvgIpc) is 2.38. The van der Waals surface area contributed by atoms with E-state index in [1.807, 2.05) is 0 Å². The van der Waals surface area contributed by atoms with Crippen LogP contribution in [-0.4, -0.2) is 5.11 Å². The van der Waals surface area contributed by atoms with E-state index in [0.717, 1.165) is 18.2 Å². The van der Waals surface area contributed by atoms with Gasteiger partial charge in [0.1, 0.15) is 17.6 Å². The Morgan fingerprint density at radius 2 is 1.80 bits per heavy atom. The van der Waals surface area contributed by atoms with E-state index in [1.165, 1.54) is 12.1 Å². The van der Waals surface area contributed by atoms with Gasteiger partial charge in [-0.25, -0.2) is 4.39 Å². The molecule has 0 unspecified atom stereocenters. The fourth-order valence-corrected chi connectivity index (χ4v) is 1.77. The number of nitrogens with zero attached hydrogens (tertiary/aromatic N) is 1. The largest absolute Gasteiger partial charge is 0.507 e. The molecule has 0 fully saturated rings. The Balaban J connectivity index is 2.63. The Labute approximate surface area is 111 Å². The topological polar surface area (TPSA) is 44.0 Å². The van der Waals surface area contributed by atoms with Gasteiger partial charge >= 0.3 is 6.18 Å². The minimum atomic E-state index is -4.80. The van der Waals surface area contributed by atoms with Crippen molar-refractivity contribution in [2.75, 3.05) is 0 Å². The standard InChI is InChI=1S/C14H7F4NO/c15-13-10(2-1-3-11(13)14(16,17)18)8-4-5-12(20)9(6-8)7-19/h1-6,20H. The number of aromatic hydroxyl groups is 1. The monoisotopic (exact) mass is 281 g/mol. The average molecular weight is 281 g/mol. The van der Waals surface area contributed by atoms with Crippen molar-refractivity contribution in [3.63, 3.8) is 0 Å². The third kappa shape index (κ3) is 2.43. The van der Waals surface area contributed by atoms with Crippen molar-refractivity contribution in [1.29, 1.82) is 5.26 Å². The quantitative estimate of drug-likeness (QED) is 0.800. The molecule has 0 saturated carbocycles. The van der Waals surface area contributed by atoms with Crippen molar-refractivity contribution in [3.8, 4) is 22.9 Å². The molecular formula is C14H7F4NO. The molecule has 2 aromatic rings. The van der Waals surface area contributed by atoms with Crippen LogP contribution in [0.5, 0.6) is 5.75 Å². The molecule has 0 aliphatic carbocycles. The second-order valence-corrected chi connectivity index (χ2v) is 4.01. The summed E-state index contributed by atoms with van der Waals surface area (Å²) < 4.78 is 51.8. The number of nitriles is 1. The minimum absolute atomic E-state index is 0.0861. The number of halogens is 4. The van der Waals surface area contributed by atoms with Gasteiger partial charge < -0.3 is 5.11 Å². The van der Waals surface area contributed by atoms with Crippen LogP contribution in [0.1, 0.15) is 11.1 Å². The maximum Gasteiger partial charge on any atom is 0.419 e. The molecule has 0 saturated heterocycles. The van der Waals surface area contributed by atoms with Gasteiger partial charge in [-0.1, -0.05) is 18.2 Å². The van der Waals surface area contributed by atoms with Crippen LogP contribution in [0.25, 0.3) is 11.1 Å². The fraction of sp³-hybridized carbons (Fsp3) is 0.0714. The first-order valence-corrected chi connectivity index (χ1v) is 5.44. The molecule has 2 aromatic carbocycles. The first-order valence-electron chi connectivity index (χ1n) is 5.44. The SMILES string of the molecule is N#Cc1cc(-c2cccc(C(F)(F)F)c2F)ccc1O. The lowest BCUT2D eigenvalue weighted by Gasteiger charge is -2.11. The Morgan fingerprint density at radius 3 is 2.40 bits per heavy atom. The lowest BCUT2D eigenvalue weighted by Crippen LogP contribution is -2.08. The summed E-state index contributed by atoms with van der Waals surface area (Å²) in [6, 6.07) is 8.09. The number of hydrogen-bond donors (Lipinski definition) is 1. The van der Waals surface area contributed by atoms with Gasteiger partial charge in [-0.3, -0.25) is 0 Å². The molecule has 0 aliphatic rings. The van der Waals surface area contributed by atoms with Crippen molar-refractivity contribution in [2.45, 2.75) is 6.18 Å². The van der Waals surface area contributed by atoms with Crippen molar-refractivity contribution in [2.24, 2.45) is 0 Å². The summed E-state index contributed by atoms with van der Waals surface area (Å²) in [5.41, 5.74) is -1.71. The number of phenolic OH excluding ortho intramolecular Hbond substituents is 1. The zero-order valence-corrected chi connectivity index (χ0v) is 9.87. The third-order valence-corrected chi connectivity index (χ3v) is 2.73. The first kappa shape index (κ1) is 13.9. The highest BCUT2D eigenvalue weighted by molar-refractivity contribution is 5.68. The van der Waals surface area contributed by atoms with Gasteiger partial charge in [-0.05, 0) is 23.8 Å². The molecule has 0 amide bonds. The lowest BCUT2D eigenvalue weighted by molar-refractivity contribution is -0.139. The molecular weight excluding hydrogens is 274 g/mol. The molecule has 6 heteroatoms. The van der Waals surface area contributed by atoms with Gasteiger partial charge in [0.05, 0.1) is 11.1 Å². The molecule has 0 radical (unpaired) electrons. The van der Waals surface area contributed by atoms with Crippen LogP contribution in [0.15, 0.2) is 36.4 Å². The summed E-state index contributed by atoms with van der Waals surface area (Å²) >= 11 is 0. The number of rotatable bonds is 1. The number of alkyl halides is 3. The van der Waals surface area contributed by atoms with E-state index >= 15 is 0 Å². The van der Waals surface area contributed by atoms with Crippen LogP contribution in [0.4, 0.5) is 17.6 Å². The van der Waals surface area contributed by atoms with Crippen LogP contribution in [0.3, 0.4) is 0 Å². The Kier molecular flexibility index (Phi) is 3.36. The normalized spacial score (nSPS) is 11.2. The van der Waals surface area contributed by atoms with Crippen LogP contribution >= 0.6 is 0 Å². The van der Waals surface area contributed by atoms with E-state index in [-0.39, 0.29) is 22.4 Å². The van der Waals surface area contributed by atoms with E-state index in [1.54, 1.807) is 6.07 Å². The molecule has 0 atom stereocenters. The highest BCUT2D eigenvalue weighted by Gasteiger charge is 2.34. The maximum atomic E-state index is 13.9. The van der Waals surface area contributed by atoms with Gasteiger partial charge in [0.15, 0.2) is 0 Å². The van der Waals surface area contributed by atoms with E-state index < -0.39 is 17.6 Å². The zero-order chi connectivity index (χ0) is 14.9. The molecule has 0 spiro atoms. The van der Waals surface area contributed by atoms with E-state index in [4.69, 9.17) is 5.26 Å². The Hall–Kier alpha value is -2.55. The molecule has 0 aromatic heterocycles. The predicted molar refractivity (Wildman–Crippen MR) is 63.2 cm³/mol. The van der Waals surface area contributed by atoms with Crippen molar-refractivity contribution in [1.82, 2.24) is 0 Å². The summed E-state index contributed by atoms with van der Waals surface area (Å²) in [5.74, 6) is -1.72. The minimum Gasteiger partial charge on any atom is -0.507 e. The van der Waals surface area contributed by atoms with Crippen molar-refractivity contribution >= 4 is 0 Å². The van der Waals surface area contributed by atoms with Crippen LogP contribution in [0.2, 0.25) is 0 Å². The molecule has 0 bridgehead atoms. The Morgan fingerprint density at radius 1 is 1.10 bits per heavy atom. The summed E-state index contributed by atoms with van der Waals surface area (Å²) in [7, 11) is 0. The van der Waals surface area contributed by atoms with E-state index in [2.05, 4.69) is 0 Å². The first-order chi connectivity index (χ1) is 9.34. The smallest absolute Gasteiger partial charge is 0.419 e. The summed E-state index contributed by atoms with van der Waals surface area (Å²) in [6.45, 7) is 0. The highest BCUT2D eigenvalue weighted by atomic mass is 19.4. The third-order valence-electron chi connectivity index (χ3n) is 2.73. The number of phenols is 1. The highest BCUT2D eigenvalue weighted by Crippen LogP contribution is 2.36. The molecule has 102 valence electrons. The van der Waals surface area contributed by atoms with Crippen molar-refractivity contribution in [3.05, 3.63) is 53.3 Å². The van der Waals surface area contributed by atoms with Gasteiger partial charge in [-0.2, -0.15) is 18.4 Å².